The largest absolute Gasteiger partial charge is 0.480 e. The summed E-state index contributed by atoms with van der Waals surface area (Å²) in [4.78, 5) is 29.8. The van der Waals surface area contributed by atoms with Crippen LogP contribution < -0.4 is 5.32 Å². The number of carboxylic acid groups (broad SMARTS) is 1. The summed E-state index contributed by atoms with van der Waals surface area (Å²) in [7, 11) is 0. The summed E-state index contributed by atoms with van der Waals surface area (Å²) in [5.74, 6) is -2.27. The van der Waals surface area contributed by atoms with E-state index in [4.69, 9.17) is 5.11 Å². The fourth-order valence-corrected chi connectivity index (χ4v) is 2.26. The fraction of sp³-hybridized carbons (Fsp3) is 0.154. The summed E-state index contributed by atoms with van der Waals surface area (Å²) < 4.78 is 13.2. The summed E-state index contributed by atoms with van der Waals surface area (Å²) >= 11 is 3.07. The van der Waals surface area contributed by atoms with Crippen LogP contribution in [0.2, 0.25) is 0 Å². The number of carbonyl (C=O) groups is 2. The molecule has 0 unspecified atom stereocenters. The van der Waals surface area contributed by atoms with Gasteiger partial charge in [0.25, 0.3) is 5.91 Å². The van der Waals surface area contributed by atoms with Gasteiger partial charge in [0, 0.05) is 22.8 Å². The third-order valence-electron chi connectivity index (χ3n) is 2.76. The Labute approximate surface area is 127 Å². The predicted molar refractivity (Wildman–Crippen MR) is 75.3 cm³/mol. The molecule has 0 bridgehead atoms. The molecule has 2 aromatic rings. The molecule has 2 rings (SSSR count). The molecular formula is C13H11BrFN3O3. The lowest BCUT2D eigenvalue weighted by Crippen LogP contribution is -2.42. The van der Waals surface area contributed by atoms with Crippen LogP contribution in [0, 0.1) is 5.82 Å². The highest BCUT2D eigenvalue weighted by Gasteiger charge is 2.22. The second-order valence-electron chi connectivity index (χ2n) is 4.27. The number of hydrogen-bond donors (Lipinski definition) is 3. The minimum absolute atomic E-state index is 0.0693. The molecule has 1 atom stereocenters. The average molecular weight is 356 g/mol. The first-order chi connectivity index (χ1) is 9.97. The van der Waals surface area contributed by atoms with Gasteiger partial charge < -0.3 is 15.4 Å². The van der Waals surface area contributed by atoms with Crippen LogP contribution in [0.4, 0.5) is 4.39 Å². The molecule has 0 saturated heterocycles. The van der Waals surface area contributed by atoms with Crippen molar-refractivity contribution >= 4 is 27.8 Å². The topological polar surface area (TPSA) is 95.1 Å². The highest BCUT2D eigenvalue weighted by atomic mass is 79.9. The second kappa shape index (κ2) is 6.49. The first kappa shape index (κ1) is 15.2. The van der Waals surface area contributed by atoms with Gasteiger partial charge in [-0.1, -0.05) is 0 Å². The van der Waals surface area contributed by atoms with Crippen LogP contribution in [0.25, 0.3) is 0 Å². The second-order valence-corrected chi connectivity index (χ2v) is 5.12. The van der Waals surface area contributed by atoms with E-state index in [2.05, 4.69) is 31.2 Å². The maximum atomic E-state index is 13.0. The number of imidazole rings is 1. The van der Waals surface area contributed by atoms with Crippen molar-refractivity contribution in [3.8, 4) is 0 Å². The van der Waals surface area contributed by atoms with E-state index in [1.54, 1.807) is 0 Å². The smallest absolute Gasteiger partial charge is 0.326 e. The molecule has 0 aliphatic rings. The molecule has 1 amide bonds. The molecule has 6 nitrogen and oxygen atoms in total. The number of hydrogen-bond acceptors (Lipinski definition) is 3. The van der Waals surface area contributed by atoms with Crippen molar-refractivity contribution in [2.45, 2.75) is 12.5 Å². The number of benzene rings is 1. The predicted octanol–water partition coefficient (Wildman–Crippen LogP) is 1.74. The Bertz CT molecular complexity index is 661. The lowest BCUT2D eigenvalue weighted by molar-refractivity contribution is -0.139. The van der Waals surface area contributed by atoms with Crippen molar-refractivity contribution < 1.29 is 19.1 Å². The number of nitrogens with zero attached hydrogens (tertiary/aromatic N) is 1. The van der Waals surface area contributed by atoms with Crippen molar-refractivity contribution in [2.24, 2.45) is 0 Å². The molecule has 0 aliphatic carbocycles. The number of aliphatic carboxylic acids is 1. The zero-order chi connectivity index (χ0) is 15.4. The van der Waals surface area contributed by atoms with Gasteiger partial charge in [-0.25, -0.2) is 14.2 Å². The number of H-pyrrole nitrogens is 1. The number of halogens is 2. The average Bonchev–Trinajstić information content (AvgIpc) is 2.90. The van der Waals surface area contributed by atoms with E-state index in [1.807, 2.05) is 0 Å². The summed E-state index contributed by atoms with van der Waals surface area (Å²) in [6.45, 7) is 0. The zero-order valence-electron chi connectivity index (χ0n) is 10.6. The number of aromatic nitrogens is 2. The number of rotatable bonds is 5. The van der Waals surface area contributed by atoms with Crippen molar-refractivity contribution in [1.29, 1.82) is 0 Å². The first-order valence-electron chi connectivity index (χ1n) is 5.93. The van der Waals surface area contributed by atoms with Gasteiger partial charge in [0.15, 0.2) is 0 Å². The molecule has 3 N–H and O–H groups in total. The van der Waals surface area contributed by atoms with Gasteiger partial charge in [0.2, 0.25) is 0 Å². The van der Waals surface area contributed by atoms with Gasteiger partial charge in [0.05, 0.1) is 11.9 Å². The standard InChI is InChI=1S/C13H11BrFN3O3/c14-10-3-7(15)1-2-9(10)12(19)18-11(13(20)21)4-8-5-16-6-17-8/h1-3,5-6,11H,4H2,(H,16,17)(H,18,19)(H,20,21)/t11-/m1/s1. The third-order valence-corrected chi connectivity index (χ3v) is 3.41. The van der Waals surface area contributed by atoms with Crippen LogP contribution in [-0.4, -0.2) is 33.0 Å². The molecule has 1 aromatic heterocycles. The van der Waals surface area contributed by atoms with Crippen LogP contribution in [0.5, 0.6) is 0 Å². The first-order valence-corrected chi connectivity index (χ1v) is 6.72. The summed E-state index contributed by atoms with van der Waals surface area (Å²) in [5.41, 5.74) is 0.744. The van der Waals surface area contributed by atoms with E-state index >= 15 is 0 Å². The summed E-state index contributed by atoms with van der Waals surface area (Å²) in [6, 6.07) is 2.43. The van der Waals surface area contributed by atoms with Gasteiger partial charge in [-0.3, -0.25) is 4.79 Å². The van der Waals surface area contributed by atoms with Crippen LogP contribution in [0.3, 0.4) is 0 Å². The minimum atomic E-state index is -1.17. The van der Waals surface area contributed by atoms with Crippen molar-refractivity contribution in [1.82, 2.24) is 15.3 Å². The SMILES string of the molecule is O=C(N[C@H](Cc1cnc[nH]1)C(=O)O)c1ccc(F)cc1Br. The number of carbonyl (C=O) groups excluding carboxylic acids is 1. The molecule has 1 aromatic carbocycles. The van der Waals surface area contributed by atoms with Crippen LogP contribution >= 0.6 is 15.9 Å². The third kappa shape index (κ3) is 3.88. The molecule has 8 heteroatoms. The maximum absolute atomic E-state index is 13.0. The number of carboxylic acids is 1. The number of nitrogens with one attached hydrogen (secondary N) is 2. The molecule has 0 spiro atoms. The molecule has 1 heterocycles. The number of aromatic amines is 1. The summed E-state index contributed by atoms with van der Waals surface area (Å²) in [5, 5.41) is 11.6. The highest BCUT2D eigenvalue weighted by Crippen LogP contribution is 2.18. The van der Waals surface area contributed by atoms with E-state index in [-0.39, 0.29) is 16.5 Å². The molecule has 0 radical (unpaired) electrons. The van der Waals surface area contributed by atoms with Crippen molar-refractivity contribution in [2.75, 3.05) is 0 Å². The molecule has 0 fully saturated rings. The zero-order valence-corrected chi connectivity index (χ0v) is 12.2. The Morgan fingerprint density at radius 3 is 2.81 bits per heavy atom. The quantitative estimate of drug-likeness (QED) is 0.761. The van der Waals surface area contributed by atoms with Gasteiger partial charge in [0.1, 0.15) is 11.9 Å². The lowest BCUT2D eigenvalue weighted by atomic mass is 10.1. The van der Waals surface area contributed by atoms with Gasteiger partial charge in [-0.15, -0.1) is 0 Å². The van der Waals surface area contributed by atoms with E-state index < -0.39 is 23.7 Å². The van der Waals surface area contributed by atoms with Crippen LogP contribution in [0.15, 0.2) is 35.2 Å². The van der Waals surface area contributed by atoms with Crippen LogP contribution in [0.1, 0.15) is 16.1 Å². The Hall–Kier alpha value is -2.22. The molecule has 0 aliphatic heterocycles. The molecule has 110 valence electrons. The minimum Gasteiger partial charge on any atom is -0.480 e. The fourth-order valence-electron chi connectivity index (χ4n) is 1.73. The molecule has 0 saturated carbocycles. The van der Waals surface area contributed by atoms with E-state index in [0.29, 0.717) is 5.69 Å². The van der Waals surface area contributed by atoms with E-state index in [1.165, 1.54) is 18.6 Å². The van der Waals surface area contributed by atoms with Gasteiger partial charge in [-0.2, -0.15) is 0 Å². The Kier molecular flexibility index (Phi) is 4.69. The molecule has 21 heavy (non-hydrogen) atoms. The monoisotopic (exact) mass is 355 g/mol. The van der Waals surface area contributed by atoms with E-state index in [9.17, 15) is 14.0 Å². The highest BCUT2D eigenvalue weighted by molar-refractivity contribution is 9.10. The molecular weight excluding hydrogens is 345 g/mol. The summed E-state index contributed by atoms with van der Waals surface area (Å²) in [6.07, 6.45) is 2.97. The Balaban J connectivity index is 2.12. The number of amides is 1. The van der Waals surface area contributed by atoms with Gasteiger partial charge >= 0.3 is 5.97 Å². The lowest BCUT2D eigenvalue weighted by Gasteiger charge is -2.14. The normalized spacial score (nSPS) is 11.9. The Morgan fingerprint density at radius 2 is 2.24 bits per heavy atom. The van der Waals surface area contributed by atoms with Crippen molar-refractivity contribution in [3.63, 3.8) is 0 Å². The van der Waals surface area contributed by atoms with Crippen molar-refractivity contribution in [3.05, 3.63) is 52.3 Å². The van der Waals surface area contributed by atoms with Gasteiger partial charge in [-0.05, 0) is 34.1 Å². The van der Waals surface area contributed by atoms with Crippen LogP contribution in [-0.2, 0) is 11.2 Å². The maximum Gasteiger partial charge on any atom is 0.326 e. The van der Waals surface area contributed by atoms with E-state index in [0.717, 1.165) is 12.1 Å². The Morgan fingerprint density at radius 1 is 1.48 bits per heavy atom.